The van der Waals surface area contributed by atoms with Crippen molar-refractivity contribution >= 4 is 36.0 Å². The molecular formula is C8H8MgO6. The number of carbonyl (C=O) groups excluding carboxylic acids is 2. The summed E-state index contributed by atoms with van der Waals surface area (Å²) in [6.07, 6.45) is 0. The average Bonchev–Trinajstić information content (AvgIpc) is 2.06. The van der Waals surface area contributed by atoms with Gasteiger partial charge in [0, 0.05) is 19.0 Å². The molecule has 6 nitrogen and oxygen atoms in total. The molecule has 0 atom stereocenters. The van der Waals surface area contributed by atoms with Crippen molar-refractivity contribution in [2.45, 2.75) is 0 Å². The molecule has 0 radical (unpaired) electrons. The SMILES string of the molecule is O=C[O-].O=C[O-].Oc1cccc(O)c1.[Mg+2]. The first-order valence-electron chi connectivity index (χ1n) is 3.21. The van der Waals surface area contributed by atoms with Crippen molar-refractivity contribution in [3.8, 4) is 11.5 Å². The summed E-state index contributed by atoms with van der Waals surface area (Å²) >= 11 is 0. The summed E-state index contributed by atoms with van der Waals surface area (Å²) in [4.78, 5) is 16.5. The Morgan fingerprint density at radius 3 is 1.40 bits per heavy atom. The summed E-state index contributed by atoms with van der Waals surface area (Å²) in [6.45, 7) is -1.00. The topological polar surface area (TPSA) is 121 Å². The maximum Gasteiger partial charge on any atom is 2.00 e. The largest absolute Gasteiger partial charge is 2.00 e. The number of carbonyl (C=O) groups is 2. The molecule has 0 heterocycles. The smallest absolute Gasteiger partial charge is 0.554 e. The summed E-state index contributed by atoms with van der Waals surface area (Å²) in [6, 6.07) is 5.85. The van der Waals surface area contributed by atoms with Crippen LogP contribution in [0, 0.1) is 0 Å². The molecule has 0 saturated carbocycles. The Balaban J connectivity index is -0.000000177. The molecule has 0 unspecified atom stereocenters. The van der Waals surface area contributed by atoms with Crippen LogP contribution in [0.5, 0.6) is 11.5 Å². The summed E-state index contributed by atoms with van der Waals surface area (Å²) in [7, 11) is 0. The van der Waals surface area contributed by atoms with E-state index in [1.807, 2.05) is 0 Å². The Morgan fingerprint density at radius 2 is 1.27 bits per heavy atom. The molecular weight excluding hydrogens is 216 g/mol. The minimum Gasteiger partial charge on any atom is -0.554 e. The van der Waals surface area contributed by atoms with Crippen LogP contribution in [0.25, 0.3) is 0 Å². The number of phenols is 2. The van der Waals surface area contributed by atoms with Gasteiger partial charge in [0.1, 0.15) is 11.5 Å². The molecule has 0 aliphatic heterocycles. The van der Waals surface area contributed by atoms with Crippen LogP contribution in [-0.2, 0) is 9.59 Å². The molecule has 78 valence electrons. The molecule has 0 amide bonds. The average molecular weight is 224 g/mol. The van der Waals surface area contributed by atoms with Crippen LogP contribution in [0.4, 0.5) is 0 Å². The van der Waals surface area contributed by atoms with Gasteiger partial charge >= 0.3 is 23.1 Å². The van der Waals surface area contributed by atoms with Crippen molar-refractivity contribution in [1.29, 1.82) is 0 Å². The van der Waals surface area contributed by atoms with E-state index in [1.165, 1.54) is 18.2 Å². The van der Waals surface area contributed by atoms with Crippen molar-refractivity contribution in [2.24, 2.45) is 0 Å². The molecule has 0 bridgehead atoms. The Hall–Kier alpha value is -1.47. The number of carboxylic acid groups (broad SMARTS) is 2. The number of aromatic hydroxyl groups is 2. The van der Waals surface area contributed by atoms with Crippen LogP contribution in [0.3, 0.4) is 0 Å². The molecule has 1 rings (SSSR count). The Morgan fingerprint density at radius 1 is 1.00 bits per heavy atom. The van der Waals surface area contributed by atoms with Gasteiger partial charge in [-0.3, -0.25) is 0 Å². The summed E-state index contributed by atoms with van der Waals surface area (Å²) < 4.78 is 0. The number of hydrogen-bond acceptors (Lipinski definition) is 6. The van der Waals surface area contributed by atoms with Gasteiger partial charge in [0.05, 0.1) is 0 Å². The van der Waals surface area contributed by atoms with Crippen molar-refractivity contribution in [3.05, 3.63) is 24.3 Å². The second-order valence-corrected chi connectivity index (χ2v) is 1.71. The zero-order valence-corrected chi connectivity index (χ0v) is 9.11. The van der Waals surface area contributed by atoms with E-state index in [-0.39, 0.29) is 34.6 Å². The third kappa shape index (κ3) is 19.1. The van der Waals surface area contributed by atoms with E-state index in [0.717, 1.165) is 0 Å². The normalized spacial score (nSPS) is 6.40. The minimum atomic E-state index is -0.500. The first kappa shape index (κ1) is 19.2. The van der Waals surface area contributed by atoms with Crippen molar-refractivity contribution in [2.75, 3.05) is 0 Å². The number of hydrogen-bond donors (Lipinski definition) is 2. The summed E-state index contributed by atoms with van der Waals surface area (Å²) in [5.41, 5.74) is 0. The molecule has 0 aliphatic rings. The number of rotatable bonds is 0. The van der Waals surface area contributed by atoms with Crippen LogP contribution < -0.4 is 10.2 Å². The fourth-order valence-electron chi connectivity index (χ4n) is 0.493. The van der Waals surface area contributed by atoms with E-state index < -0.39 is 12.9 Å². The van der Waals surface area contributed by atoms with Gasteiger partial charge in [0.25, 0.3) is 0 Å². The van der Waals surface area contributed by atoms with E-state index in [0.29, 0.717) is 0 Å². The fraction of sp³-hybridized carbons (Fsp3) is 0. The van der Waals surface area contributed by atoms with Gasteiger partial charge < -0.3 is 30.0 Å². The van der Waals surface area contributed by atoms with Crippen molar-refractivity contribution < 1.29 is 30.0 Å². The predicted octanol–water partition coefficient (Wildman–Crippen LogP) is -2.55. The van der Waals surface area contributed by atoms with Crippen LogP contribution in [-0.4, -0.2) is 46.2 Å². The fourth-order valence-corrected chi connectivity index (χ4v) is 0.493. The van der Waals surface area contributed by atoms with Gasteiger partial charge in [-0.1, -0.05) is 6.07 Å². The summed E-state index contributed by atoms with van der Waals surface area (Å²) in [5, 5.41) is 33.8. The molecule has 0 aromatic heterocycles. The zero-order valence-electron chi connectivity index (χ0n) is 7.70. The van der Waals surface area contributed by atoms with Crippen LogP contribution >= 0.6 is 0 Å². The van der Waals surface area contributed by atoms with Crippen LogP contribution in [0.2, 0.25) is 0 Å². The first-order valence-corrected chi connectivity index (χ1v) is 3.21. The molecule has 0 fully saturated rings. The van der Waals surface area contributed by atoms with Crippen molar-refractivity contribution in [3.63, 3.8) is 0 Å². The quantitative estimate of drug-likeness (QED) is 0.370. The Labute approximate surface area is 102 Å². The van der Waals surface area contributed by atoms with Gasteiger partial charge in [-0.15, -0.1) is 0 Å². The van der Waals surface area contributed by atoms with Gasteiger partial charge in [0.2, 0.25) is 0 Å². The minimum absolute atomic E-state index is 0. The monoisotopic (exact) mass is 224 g/mol. The molecule has 15 heavy (non-hydrogen) atoms. The predicted molar refractivity (Wildman–Crippen MR) is 47.7 cm³/mol. The third-order valence-corrected chi connectivity index (χ3v) is 0.830. The maximum atomic E-state index is 8.65. The molecule has 0 aliphatic carbocycles. The second kappa shape index (κ2) is 15.0. The van der Waals surface area contributed by atoms with Crippen molar-refractivity contribution in [1.82, 2.24) is 0 Å². The third-order valence-electron chi connectivity index (χ3n) is 0.830. The number of phenolic OH excluding ortho intramolecular Hbond substituents is 2. The molecule has 0 saturated heterocycles. The molecule has 1 aromatic rings. The van der Waals surface area contributed by atoms with E-state index >= 15 is 0 Å². The molecule has 1 aromatic carbocycles. The van der Waals surface area contributed by atoms with Crippen LogP contribution in [0.1, 0.15) is 0 Å². The standard InChI is InChI=1S/C6H6O2.2CH2O2.Mg/c7-5-2-1-3-6(8)4-5;2*2-1-3;/h1-4,7-8H;2*1H,(H,2,3);/q;;;+2/p-2. The Bertz CT molecular complexity index is 242. The van der Waals surface area contributed by atoms with E-state index in [4.69, 9.17) is 30.0 Å². The van der Waals surface area contributed by atoms with Gasteiger partial charge in [-0.05, 0) is 12.1 Å². The van der Waals surface area contributed by atoms with E-state index in [9.17, 15) is 0 Å². The zero-order chi connectivity index (χ0) is 11.4. The maximum absolute atomic E-state index is 8.65. The van der Waals surface area contributed by atoms with E-state index in [1.54, 1.807) is 6.07 Å². The van der Waals surface area contributed by atoms with Crippen LogP contribution in [0.15, 0.2) is 24.3 Å². The van der Waals surface area contributed by atoms with Gasteiger partial charge in [-0.25, -0.2) is 0 Å². The second-order valence-electron chi connectivity index (χ2n) is 1.71. The van der Waals surface area contributed by atoms with Gasteiger partial charge in [-0.2, -0.15) is 0 Å². The van der Waals surface area contributed by atoms with Gasteiger partial charge in [0.15, 0.2) is 0 Å². The first-order chi connectivity index (χ1) is 6.62. The molecule has 2 N–H and O–H groups in total. The molecule has 7 heteroatoms. The molecule has 0 spiro atoms. The van der Waals surface area contributed by atoms with E-state index in [2.05, 4.69) is 0 Å². The summed E-state index contributed by atoms with van der Waals surface area (Å²) in [5.74, 6) is 0.176. The number of benzene rings is 1. The Kier molecular flexibility index (Phi) is 19.2.